The Morgan fingerprint density at radius 3 is 1.73 bits per heavy atom. The van der Waals surface area contributed by atoms with Gasteiger partial charge in [-0.3, -0.25) is 0 Å². The maximum atomic E-state index is 2.51. The molecule has 15 heavy (non-hydrogen) atoms. The highest BCUT2D eigenvalue weighted by Crippen LogP contribution is 2.53. The second-order valence-corrected chi connectivity index (χ2v) is 12.3. The predicted octanol–water partition coefficient (Wildman–Crippen LogP) is 5.47. The van der Waals surface area contributed by atoms with Gasteiger partial charge >= 0.3 is 0 Å². The molecular formula is C14H30Si. The van der Waals surface area contributed by atoms with Gasteiger partial charge in [0, 0.05) is 0 Å². The van der Waals surface area contributed by atoms with Crippen LogP contribution in [0.5, 0.6) is 0 Å². The Labute approximate surface area is 97.9 Å². The molecule has 0 saturated carbocycles. The molecule has 1 heteroatoms. The summed E-state index contributed by atoms with van der Waals surface area (Å²) >= 11 is 0. The molecule has 1 rings (SSSR count). The van der Waals surface area contributed by atoms with E-state index < -0.39 is 8.07 Å². The van der Waals surface area contributed by atoms with Crippen LogP contribution in [0.15, 0.2) is 0 Å². The van der Waals surface area contributed by atoms with Gasteiger partial charge in [0.2, 0.25) is 0 Å². The van der Waals surface area contributed by atoms with Gasteiger partial charge in [-0.05, 0) is 11.5 Å². The van der Waals surface area contributed by atoms with Gasteiger partial charge in [-0.15, -0.1) is 0 Å². The largest absolute Gasteiger partial charge is 0.0651 e. The van der Waals surface area contributed by atoms with Crippen molar-refractivity contribution in [3.63, 3.8) is 0 Å². The molecule has 1 aliphatic heterocycles. The van der Waals surface area contributed by atoms with Crippen LogP contribution in [0.4, 0.5) is 0 Å². The molecule has 0 aliphatic carbocycles. The van der Waals surface area contributed by atoms with Crippen molar-refractivity contribution < 1.29 is 0 Å². The maximum Gasteiger partial charge on any atom is 0.0620 e. The summed E-state index contributed by atoms with van der Waals surface area (Å²) in [5.41, 5.74) is 3.04. The van der Waals surface area contributed by atoms with Crippen LogP contribution < -0.4 is 0 Å². The molecule has 0 bridgehead atoms. The van der Waals surface area contributed by atoms with Crippen LogP contribution in [0.25, 0.3) is 0 Å². The fourth-order valence-corrected chi connectivity index (χ4v) is 11.7. The second kappa shape index (κ2) is 5.03. The topological polar surface area (TPSA) is 0 Å². The molecule has 1 unspecified atom stereocenters. The van der Waals surface area contributed by atoms with Crippen molar-refractivity contribution in [2.75, 3.05) is 0 Å². The Bertz CT molecular complexity index is 186. The summed E-state index contributed by atoms with van der Waals surface area (Å²) in [5, 5.41) is 0. The van der Waals surface area contributed by atoms with E-state index in [1.54, 1.807) is 6.04 Å². The summed E-state index contributed by atoms with van der Waals surface area (Å²) in [6.45, 7) is 14.9. The van der Waals surface area contributed by atoms with Gasteiger partial charge in [0.1, 0.15) is 0 Å². The summed E-state index contributed by atoms with van der Waals surface area (Å²) in [4.78, 5) is 0. The molecule has 0 spiro atoms. The fraction of sp³-hybridized carbons (Fsp3) is 1.00. The van der Waals surface area contributed by atoms with E-state index in [1.165, 1.54) is 19.3 Å². The van der Waals surface area contributed by atoms with E-state index in [4.69, 9.17) is 0 Å². The van der Waals surface area contributed by atoms with E-state index in [-0.39, 0.29) is 0 Å². The first kappa shape index (κ1) is 13.3. The van der Waals surface area contributed by atoms with Crippen LogP contribution in [0, 0.1) is 5.92 Å². The highest BCUT2D eigenvalue weighted by atomic mass is 28.3. The van der Waals surface area contributed by atoms with Gasteiger partial charge in [0.25, 0.3) is 0 Å². The Kier molecular flexibility index (Phi) is 4.46. The third kappa shape index (κ3) is 2.32. The molecule has 1 heterocycles. The van der Waals surface area contributed by atoms with Crippen molar-refractivity contribution in [3.8, 4) is 0 Å². The predicted molar refractivity (Wildman–Crippen MR) is 73.2 cm³/mol. The fourth-order valence-electron chi connectivity index (χ4n) is 4.30. The minimum atomic E-state index is -1.03. The molecule has 90 valence electrons. The standard InChI is InChI=1S/C14H30Si/c1-11(2)14-9-7-8-10-15(14,12(3)4)13(5)6/h11-14H,7-10H2,1-6H3. The van der Waals surface area contributed by atoms with Crippen molar-refractivity contribution in [2.45, 2.75) is 83.5 Å². The normalized spacial score (nSPS) is 26.6. The van der Waals surface area contributed by atoms with Crippen molar-refractivity contribution >= 4 is 8.07 Å². The molecule has 0 amide bonds. The van der Waals surface area contributed by atoms with Crippen molar-refractivity contribution in [1.29, 1.82) is 0 Å². The zero-order chi connectivity index (χ0) is 11.6. The lowest BCUT2D eigenvalue weighted by Crippen LogP contribution is -2.49. The molecule has 1 saturated heterocycles. The Morgan fingerprint density at radius 1 is 0.867 bits per heavy atom. The van der Waals surface area contributed by atoms with Gasteiger partial charge in [-0.2, -0.15) is 0 Å². The van der Waals surface area contributed by atoms with E-state index in [9.17, 15) is 0 Å². The van der Waals surface area contributed by atoms with Crippen molar-refractivity contribution in [2.24, 2.45) is 5.92 Å². The Morgan fingerprint density at radius 2 is 1.40 bits per heavy atom. The number of rotatable bonds is 3. The Balaban J connectivity index is 2.99. The molecule has 0 aromatic carbocycles. The zero-order valence-corrected chi connectivity index (χ0v) is 12.6. The number of hydrogen-bond donors (Lipinski definition) is 0. The Hall–Kier alpha value is 0.217. The molecule has 1 aliphatic rings. The average Bonchev–Trinajstić information content (AvgIpc) is 2.16. The van der Waals surface area contributed by atoms with Crippen LogP contribution >= 0.6 is 0 Å². The van der Waals surface area contributed by atoms with Crippen LogP contribution in [-0.4, -0.2) is 8.07 Å². The lowest BCUT2D eigenvalue weighted by molar-refractivity contribution is 0.471. The lowest BCUT2D eigenvalue weighted by Gasteiger charge is -2.50. The molecule has 1 atom stereocenters. The molecular weight excluding hydrogens is 196 g/mol. The minimum Gasteiger partial charge on any atom is -0.0651 e. The van der Waals surface area contributed by atoms with Crippen LogP contribution in [0.3, 0.4) is 0 Å². The van der Waals surface area contributed by atoms with Crippen LogP contribution in [0.1, 0.15) is 60.8 Å². The molecule has 0 nitrogen and oxygen atoms in total. The van der Waals surface area contributed by atoms with E-state index in [0.717, 1.165) is 22.5 Å². The smallest absolute Gasteiger partial charge is 0.0620 e. The molecule has 0 aromatic rings. The third-order valence-corrected chi connectivity index (χ3v) is 12.9. The average molecular weight is 226 g/mol. The summed E-state index contributed by atoms with van der Waals surface area (Å²) < 4.78 is 0. The summed E-state index contributed by atoms with van der Waals surface area (Å²) in [7, 11) is -1.03. The van der Waals surface area contributed by atoms with E-state index in [1.807, 2.05) is 0 Å². The quantitative estimate of drug-likeness (QED) is 0.560. The summed E-state index contributed by atoms with van der Waals surface area (Å²) in [6.07, 6.45) is 4.54. The molecule has 0 N–H and O–H groups in total. The first-order valence-corrected chi connectivity index (χ1v) is 9.36. The number of hydrogen-bond acceptors (Lipinski definition) is 0. The van der Waals surface area contributed by atoms with Crippen LogP contribution in [-0.2, 0) is 0 Å². The summed E-state index contributed by atoms with van der Waals surface area (Å²) in [5.74, 6) is 0.918. The minimum absolute atomic E-state index is 0.918. The van der Waals surface area contributed by atoms with Crippen LogP contribution in [0.2, 0.25) is 22.7 Å². The first-order chi connectivity index (χ1) is 6.93. The maximum absolute atomic E-state index is 2.51. The van der Waals surface area contributed by atoms with Gasteiger partial charge in [-0.25, -0.2) is 0 Å². The van der Waals surface area contributed by atoms with Gasteiger partial charge in [0.05, 0.1) is 8.07 Å². The van der Waals surface area contributed by atoms with Gasteiger partial charge in [-0.1, -0.05) is 77.9 Å². The third-order valence-electron chi connectivity index (χ3n) is 5.02. The summed E-state index contributed by atoms with van der Waals surface area (Å²) in [6, 6.07) is 1.60. The van der Waals surface area contributed by atoms with Crippen molar-refractivity contribution in [1.82, 2.24) is 0 Å². The van der Waals surface area contributed by atoms with E-state index in [0.29, 0.717) is 0 Å². The molecule has 0 radical (unpaired) electrons. The highest BCUT2D eigenvalue weighted by molar-refractivity contribution is 6.83. The molecule has 1 fully saturated rings. The highest BCUT2D eigenvalue weighted by Gasteiger charge is 2.48. The van der Waals surface area contributed by atoms with E-state index in [2.05, 4.69) is 41.5 Å². The van der Waals surface area contributed by atoms with Gasteiger partial charge < -0.3 is 0 Å². The monoisotopic (exact) mass is 226 g/mol. The first-order valence-electron chi connectivity index (χ1n) is 6.93. The van der Waals surface area contributed by atoms with Crippen molar-refractivity contribution in [3.05, 3.63) is 0 Å². The van der Waals surface area contributed by atoms with Gasteiger partial charge in [0.15, 0.2) is 0 Å². The van der Waals surface area contributed by atoms with E-state index >= 15 is 0 Å². The SMILES string of the molecule is CC(C)C1CCCC[Si]1(C(C)C)C(C)C. The lowest BCUT2D eigenvalue weighted by atomic mass is 10.0. The second-order valence-electron chi connectivity index (χ2n) is 6.52. The molecule has 0 aromatic heterocycles. The zero-order valence-electron chi connectivity index (χ0n) is 11.6.